The standard InChI is InChI=1S/C12H18FN/c1-9(8-12(2,3)14)10-6-4-5-7-11(10)13/h4-7,9H,8,14H2,1-3H3. The van der Waals surface area contributed by atoms with Gasteiger partial charge in [-0.3, -0.25) is 0 Å². The van der Waals surface area contributed by atoms with Gasteiger partial charge in [0, 0.05) is 5.54 Å². The third-order valence-electron chi connectivity index (χ3n) is 2.27. The Morgan fingerprint density at radius 3 is 2.43 bits per heavy atom. The molecule has 0 fully saturated rings. The van der Waals surface area contributed by atoms with Crippen molar-refractivity contribution in [3.63, 3.8) is 0 Å². The second-order valence-electron chi connectivity index (χ2n) is 4.62. The van der Waals surface area contributed by atoms with E-state index >= 15 is 0 Å². The zero-order valence-corrected chi connectivity index (χ0v) is 9.05. The van der Waals surface area contributed by atoms with Crippen LogP contribution in [0, 0.1) is 5.82 Å². The smallest absolute Gasteiger partial charge is 0.126 e. The van der Waals surface area contributed by atoms with Gasteiger partial charge in [0.05, 0.1) is 0 Å². The van der Waals surface area contributed by atoms with Crippen molar-refractivity contribution >= 4 is 0 Å². The van der Waals surface area contributed by atoms with Crippen LogP contribution in [-0.4, -0.2) is 5.54 Å². The minimum atomic E-state index is -0.248. The lowest BCUT2D eigenvalue weighted by Crippen LogP contribution is -2.33. The van der Waals surface area contributed by atoms with E-state index in [1.807, 2.05) is 32.9 Å². The first-order valence-corrected chi connectivity index (χ1v) is 4.93. The first kappa shape index (κ1) is 11.2. The minimum absolute atomic E-state index is 0.135. The van der Waals surface area contributed by atoms with Gasteiger partial charge in [0.25, 0.3) is 0 Å². The largest absolute Gasteiger partial charge is 0.326 e. The van der Waals surface area contributed by atoms with E-state index in [0.29, 0.717) is 0 Å². The number of benzene rings is 1. The highest BCUT2D eigenvalue weighted by molar-refractivity contribution is 5.21. The van der Waals surface area contributed by atoms with Gasteiger partial charge in [-0.05, 0) is 37.8 Å². The molecule has 0 spiro atoms. The van der Waals surface area contributed by atoms with Crippen molar-refractivity contribution in [2.45, 2.75) is 38.6 Å². The van der Waals surface area contributed by atoms with Gasteiger partial charge >= 0.3 is 0 Å². The zero-order valence-electron chi connectivity index (χ0n) is 9.05. The maximum Gasteiger partial charge on any atom is 0.126 e. The normalized spacial score (nSPS) is 14.1. The summed E-state index contributed by atoms with van der Waals surface area (Å²) in [5, 5.41) is 0. The lowest BCUT2D eigenvalue weighted by molar-refractivity contribution is 0.429. The number of hydrogen-bond acceptors (Lipinski definition) is 1. The van der Waals surface area contributed by atoms with Crippen LogP contribution in [0.3, 0.4) is 0 Å². The summed E-state index contributed by atoms with van der Waals surface area (Å²) >= 11 is 0. The van der Waals surface area contributed by atoms with Crippen molar-refractivity contribution < 1.29 is 4.39 Å². The molecule has 1 aromatic carbocycles. The second-order valence-corrected chi connectivity index (χ2v) is 4.62. The molecule has 0 heterocycles. The average molecular weight is 195 g/mol. The highest BCUT2D eigenvalue weighted by Gasteiger charge is 2.18. The summed E-state index contributed by atoms with van der Waals surface area (Å²) in [5.74, 6) is 0.0282. The molecule has 0 saturated carbocycles. The maximum absolute atomic E-state index is 13.4. The molecule has 1 aromatic rings. The van der Waals surface area contributed by atoms with E-state index in [2.05, 4.69) is 0 Å². The summed E-state index contributed by atoms with van der Waals surface area (Å²) in [6.45, 7) is 5.93. The van der Waals surface area contributed by atoms with Crippen LogP contribution in [0.25, 0.3) is 0 Å². The Balaban J connectivity index is 2.80. The first-order valence-electron chi connectivity index (χ1n) is 4.93. The maximum atomic E-state index is 13.4. The summed E-state index contributed by atoms with van der Waals surface area (Å²) in [5.41, 5.74) is 6.41. The van der Waals surface area contributed by atoms with Gasteiger partial charge in [-0.25, -0.2) is 4.39 Å². The number of rotatable bonds is 3. The fourth-order valence-corrected chi connectivity index (χ4v) is 1.77. The molecule has 0 saturated heterocycles. The predicted molar refractivity (Wildman–Crippen MR) is 57.7 cm³/mol. The summed E-state index contributed by atoms with van der Waals surface area (Å²) in [7, 11) is 0. The quantitative estimate of drug-likeness (QED) is 0.788. The van der Waals surface area contributed by atoms with Gasteiger partial charge in [-0.2, -0.15) is 0 Å². The molecule has 0 bridgehead atoms. The monoisotopic (exact) mass is 195 g/mol. The van der Waals surface area contributed by atoms with E-state index in [0.717, 1.165) is 12.0 Å². The molecule has 1 unspecified atom stereocenters. The molecule has 0 radical (unpaired) electrons. The van der Waals surface area contributed by atoms with E-state index < -0.39 is 0 Å². The molecule has 1 nitrogen and oxygen atoms in total. The SMILES string of the molecule is CC(CC(C)(C)N)c1ccccc1F. The van der Waals surface area contributed by atoms with Crippen molar-refractivity contribution in [1.82, 2.24) is 0 Å². The average Bonchev–Trinajstić information content (AvgIpc) is 2.01. The van der Waals surface area contributed by atoms with Crippen LogP contribution in [0.4, 0.5) is 4.39 Å². The summed E-state index contributed by atoms with van der Waals surface area (Å²) in [6, 6.07) is 6.89. The Kier molecular flexibility index (Phi) is 3.27. The molecule has 2 heteroatoms. The fourth-order valence-electron chi connectivity index (χ4n) is 1.77. The van der Waals surface area contributed by atoms with Gasteiger partial charge in [-0.15, -0.1) is 0 Å². The van der Waals surface area contributed by atoms with Crippen LogP contribution in [-0.2, 0) is 0 Å². The molecule has 1 atom stereocenters. The van der Waals surface area contributed by atoms with Crippen molar-refractivity contribution in [1.29, 1.82) is 0 Å². The van der Waals surface area contributed by atoms with Crippen LogP contribution in [0.1, 0.15) is 38.7 Å². The zero-order chi connectivity index (χ0) is 10.8. The Bertz CT molecular complexity index is 301. The molecular formula is C12H18FN. The Morgan fingerprint density at radius 2 is 1.93 bits per heavy atom. The summed E-state index contributed by atoms with van der Waals surface area (Å²) in [6.07, 6.45) is 0.786. The second kappa shape index (κ2) is 4.09. The van der Waals surface area contributed by atoms with Crippen LogP contribution >= 0.6 is 0 Å². The van der Waals surface area contributed by atoms with Gasteiger partial charge in [0.1, 0.15) is 5.82 Å². The predicted octanol–water partition coefficient (Wildman–Crippen LogP) is 3.06. The molecule has 14 heavy (non-hydrogen) atoms. The lowest BCUT2D eigenvalue weighted by Gasteiger charge is -2.23. The summed E-state index contributed by atoms with van der Waals surface area (Å²) in [4.78, 5) is 0. The molecule has 0 aliphatic rings. The third-order valence-corrected chi connectivity index (χ3v) is 2.27. The Labute approximate surface area is 85.1 Å². The molecule has 0 aliphatic heterocycles. The van der Waals surface area contributed by atoms with Crippen molar-refractivity contribution in [2.75, 3.05) is 0 Å². The lowest BCUT2D eigenvalue weighted by atomic mass is 9.88. The van der Waals surface area contributed by atoms with Gasteiger partial charge in [0.2, 0.25) is 0 Å². The molecule has 0 aromatic heterocycles. The van der Waals surface area contributed by atoms with E-state index in [1.165, 1.54) is 6.07 Å². The Hall–Kier alpha value is -0.890. The number of halogens is 1. The first-order chi connectivity index (χ1) is 6.40. The fraction of sp³-hybridized carbons (Fsp3) is 0.500. The summed E-state index contributed by atoms with van der Waals surface area (Å²) < 4.78 is 13.4. The Morgan fingerprint density at radius 1 is 1.36 bits per heavy atom. The molecule has 0 amide bonds. The van der Waals surface area contributed by atoms with Crippen LogP contribution in [0.2, 0.25) is 0 Å². The van der Waals surface area contributed by atoms with E-state index in [-0.39, 0.29) is 17.3 Å². The topological polar surface area (TPSA) is 26.0 Å². The molecule has 78 valence electrons. The third kappa shape index (κ3) is 3.11. The molecule has 2 N–H and O–H groups in total. The van der Waals surface area contributed by atoms with Crippen molar-refractivity contribution in [3.05, 3.63) is 35.6 Å². The number of nitrogens with two attached hydrogens (primary N) is 1. The van der Waals surface area contributed by atoms with Gasteiger partial charge < -0.3 is 5.73 Å². The van der Waals surface area contributed by atoms with Crippen LogP contribution < -0.4 is 5.73 Å². The van der Waals surface area contributed by atoms with E-state index in [1.54, 1.807) is 6.07 Å². The molecule has 1 rings (SSSR count). The highest BCUT2D eigenvalue weighted by Crippen LogP contribution is 2.25. The highest BCUT2D eigenvalue weighted by atomic mass is 19.1. The minimum Gasteiger partial charge on any atom is -0.326 e. The van der Waals surface area contributed by atoms with E-state index in [4.69, 9.17) is 5.73 Å². The van der Waals surface area contributed by atoms with Crippen LogP contribution in [0.5, 0.6) is 0 Å². The van der Waals surface area contributed by atoms with Gasteiger partial charge in [0.15, 0.2) is 0 Å². The van der Waals surface area contributed by atoms with Crippen molar-refractivity contribution in [3.8, 4) is 0 Å². The van der Waals surface area contributed by atoms with Gasteiger partial charge in [-0.1, -0.05) is 25.1 Å². The molecular weight excluding hydrogens is 177 g/mol. The van der Waals surface area contributed by atoms with Crippen molar-refractivity contribution in [2.24, 2.45) is 5.73 Å². The van der Waals surface area contributed by atoms with Crippen LogP contribution in [0.15, 0.2) is 24.3 Å². The van der Waals surface area contributed by atoms with E-state index in [9.17, 15) is 4.39 Å². The number of hydrogen-bond donors (Lipinski definition) is 1. The molecule has 0 aliphatic carbocycles.